The second kappa shape index (κ2) is 6.34. The fourth-order valence-corrected chi connectivity index (χ4v) is 2.22. The van der Waals surface area contributed by atoms with Crippen LogP contribution in [0.2, 0.25) is 0 Å². The van der Waals surface area contributed by atoms with Gasteiger partial charge in [0.2, 0.25) is 0 Å². The molecule has 0 aromatic heterocycles. The number of ketones is 1. The summed E-state index contributed by atoms with van der Waals surface area (Å²) in [5.41, 5.74) is 1.63. The van der Waals surface area contributed by atoms with Crippen molar-refractivity contribution in [3.05, 3.63) is 70.2 Å². The zero-order chi connectivity index (χ0) is 13.7. The summed E-state index contributed by atoms with van der Waals surface area (Å²) in [6.07, 6.45) is 3.36. The molecular formula is C16H13BrO2. The van der Waals surface area contributed by atoms with Gasteiger partial charge in [0.1, 0.15) is 5.75 Å². The van der Waals surface area contributed by atoms with E-state index >= 15 is 0 Å². The van der Waals surface area contributed by atoms with Crippen LogP contribution >= 0.6 is 15.9 Å². The summed E-state index contributed by atoms with van der Waals surface area (Å²) in [6, 6.07) is 14.9. The van der Waals surface area contributed by atoms with Crippen LogP contribution in [0.5, 0.6) is 5.75 Å². The topological polar surface area (TPSA) is 26.3 Å². The van der Waals surface area contributed by atoms with Crippen LogP contribution in [0.15, 0.2) is 59.1 Å². The highest BCUT2D eigenvalue weighted by molar-refractivity contribution is 9.10. The molecule has 2 aromatic rings. The molecule has 0 N–H and O–H groups in total. The van der Waals surface area contributed by atoms with Crippen LogP contribution in [-0.2, 0) is 0 Å². The molecule has 0 amide bonds. The molecule has 0 aliphatic rings. The maximum absolute atomic E-state index is 11.9. The highest BCUT2D eigenvalue weighted by Gasteiger charge is 2.01. The summed E-state index contributed by atoms with van der Waals surface area (Å²) in [4.78, 5) is 11.9. The molecule has 19 heavy (non-hydrogen) atoms. The third-order valence-electron chi connectivity index (χ3n) is 2.66. The summed E-state index contributed by atoms with van der Waals surface area (Å²) in [6.45, 7) is 0. The molecule has 0 bridgehead atoms. The van der Waals surface area contributed by atoms with E-state index in [9.17, 15) is 4.79 Å². The second-order valence-electron chi connectivity index (χ2n) is 3.96. The molecule has 0 fully saturated rings. The quantitative estimate of drug-likeness (QED) is 0.619. The van der Waals surface area contributed by atoms with Gasteiger partial charge in [-0.25, -0.2) is 0 Å². The third kappa shape index (κ3) is 3.55. The van der Waals surface area contributed by atoms with Crippen molar-refractivity contribution in [1.82, 2.24) is 0 Å². The molecule has 0 heterocycles. The zero-order valence-electron chi connectivity index (χ0n) is 10.5. The lowest BCUT2D eigenvalue weighted by atomic mass is 10.1. The molecule has 96 valence electrons. The molecule has 3 heteroatoms. The predicted octanol–water partition coefficient (Wildman–Crippen LogP) is 4.35. The first-order chi connectivity index (χ1) is 9.20. The van der Waals surface area contributed by atoms with Gasteiger partial charge in [0.25, 0.3) is 0 Å². The number of allylic oxidation sites excluding steroid dienone is 1. The Bertz CT molecular complexity index is 603. The van der Waals surface area contributed by atoms with Gasteiger partial charge in [0, 0.05) is 5.56 Å². The SMILES string of the molecule is COc1ccc(/C=C\C(=O)c2ccccc2)cc1Br. The van der Waals surface area contributed by atoms with Gasteiger partial charge >= 0.3 is 0 Å². The van der Waals surface area contributed by atoms with Crippen LogP contribution in [0.1, 0.15) is 15.9 Å². The Balaban J connectivity index is 2.15. The molecule has 0 saturated heterocycles. The van der Waals surface area contributed by atoms with E-state index in [-0.39, 0.29) is 5.78 Å². The van der Waals surface area contributed by atoms with E-state index in [0.717, 1.165) is 15.8 Å². The molecule has 0 saturated carbocycles. The fraction of sp³-hybridized carbons (Fsp3) is 0.0625. The summed E-state index contributed by atoms with van der Waals surface area (Å²) in [7, 11) is 1.62. The molecule has 0 aliphatic heterocycles. The largest absolute Gasteiger partial charge is 0.496 e. The first-order valence-corrected chi connectivity index (χ1v) is 6.61. The van der Waals surface area contributed by atoms with Gasteiger partial charge in [0.15, 0.2) is 5.78 Å². The van der Waals surface area contributed by atoms with Crippen molar-refractivity contribution in [2.24, 2.45) is 0 Å². The van der Waals surface area contributed by atoms with Crippen LogP contribution in [0, 0.1) is 0 Å². The predicted molar refractivity (Wildman–Crippen MR) is 80.5 cm³/mol. The summed E-state index contributed by atoms with van der Waals surface area (Å²) >= 11 is 3.42. The fourth-order valence-electron chi connectivity index (χ4n) is 1.66. The summed E-state index contributed by atoms with van der Waals surface area (Å²) in [5.74, 6) is 0.763. The smallest absolute Gasteiger partial charge is 0.185 e. The molecule has 0 radical (unpaired) electrons. The van der Waals surface area contributed by atoms with E-state index in [1.807, 2.05) is 36.4 Å². The lowest BCUT2D eigenvalue weighted by Gasteiger charge is -2.03. The van der Waals surface area contributed by atoms with E-state index in [2.05, 4.69) is 15.9 Å². The second-order valence-corrected chi connectivity index (χ2v) is 4.81. The lowest BCUT2D eigenvalue weighted by molar-refractivity contribution is 0.104. The van der Waals surface area contributed by atoms with Crippen molar-refractivity contribution < 1.29 is 9.53 Å². The average molecular weight is 317 g/mol. The normalized spacial score (nSPS) is 10.6. The number of rotatable bonds is 4. The number of carbonyl (C=O) groups is 1. The lowest BCUT2D eigenvalue weighted by Crippen LogP contribution is -1.92. The number of methoxy groups -OCH3 is 1. The number of halogens is 1. The van der Waals surface area contributed by atoms with E-state index in [4.69, 9.17) is 4.74 Å². The van der Waals surface area contributed by atoms with Crippen molar-refractivity contribution in [1.29, 1.82) is 0 Å². The van der Waals surface area contributed by atoms with Gasteiger partial charge in [0.05, 0.1) is 11.6 Å². The summed E-state index contributed by atoms with van der Waals surface area (Å²) < 4.78 is 6.02. The van der Waals surface area contributed by atoms with Crippen molar-refractivity contribution in [2.75, 3.05) is 7.11 Å². The average Bonchev–Trinajstić information content (AvgIpc) is 2.46. The Morgan fingerprint density at radius 3 is 2.53 bits per heavy atom. The number of hydrogen-bond acceptors (Lipinski definition) is 2. The Labute approximate surface area is 120 Å². The van der Waals surface area contributed by atoms with E-state index in [0.29, 0.717) is 5.56 Å². The molecule has 2 aromatic carbocycles. The van der Waals surface area contributed by atoms with Gasteiger partial charge in [-0.2, -0.15) is 0 Å². The minimum atomic E-state index is -0.00691. The van der Waals surface area contributed by atoms with E-state index in [1.165, 1.54) is 0 Å². The standard InChI is InChI=1S/C16H13BrO2/c1-19-16-10-8-12(11-14(16)17)7-9-15(18)13-5-3-2-4-6-13/h2-11H,1H3/b9-7-. The first kappa shape index (κ1) is 13.6. The van der Waals surface area contributed by atoms with E-state index in [1.54, 1.807) is 31.4 Å². The number of hydrogen-bond donors (Lipinski definition) is 0. The van der Waals surface area contributed by atoms with Crippen LogP contribution in [0.3, 0.4) is 0 Å². The number of carbonyl (C=O) groups excluding carboxylic acids is 1. The maximum atomic E-state index is 11.9. The number of benzene rings is 2. The first-order valence-electron chi connectivity index (χ1n) is 5.81. The molecule has 0 unspecified atom stereocenters. The Morgan fingerprint density at radius 1 is 1.16 bits per heavy atom. The van der Waals surface area contributed by atoms with E-state index < -0.39 is 0 Å². The van der Waals surface area contributed by atoms with Gasteiger partial charge in [-0.3, -0.25) is 4.79 Å². The van der Waals surface area contributed by atoms with Gasteiger partial charge < -0.3 is 4.74 Å². The molecule has 2 rings (SSSR count). The van der Waals surface area contributed by atoms with Gasteiger partial charge in [-0.1, -0.05) is 42.5 Å². The Hall–Kier alpha value is -1.87. The summed E-state index contributed by atoms with van der Waals surface area (Å²) in [5, 5.41) is 0. The van der Waals surface area contributed by atoms with Crippen LogP contribution in [0.25, 0.3) is 6.08 Å². The highest BCUT2D eigenvalue weighted by Crippen LogP contribution is 2.26. The Kier molecular flexibility index (Phi) is 4.53. The third-order valence-corrected chi connectivity index (χ3v) is 3.28. The Morgan fingerprint density at radius 2 is 1.89 bits per heavy atom. The highest BCUT2D eigenvalue weighted by atomic mass is 79.9. The van der Waals surface area contributed by atoms with Crippen LogP contribution in [0.4, 0.5) is 0 Å². The molecule has 2 nitrogen and oxygen atoms in total. The van der Waals surface area contributed by atoms with Crippen LogP contribution < -0.4 is 4.74 Å². The van der Waals surface area contributed by atoms with Gasteiger partial charge in [-0.15, -0.1) is 0 Å². The molecule has 0 atom stereocenters. The minimum Gasteiger partial charge on any atom is -0.496 e. The van der Waals surface area contributed by atoms with Crippen molar-refractivity contribution in [3.63, 3.8) is 0 Å². The zero-order valence-corrected chi connectivity index (χ0v) is 12.1. The van der Waals surface area contributed by atoms with Crippen LogP contribution in [-0.4, -0.2) is 12.9 Å². The molecular weight excluding hydrogens is 304 g/mol. The molecule has 0 spiro atoms. The van der Waals surface area contributed by atoms with Crippen molar-refractivity contribution in [2.45, 2.75) is 0 Å². The number of ether oxygens (including phenoxy) is 1. The minimum absolute atomic E-state index is 0.00691. The molecule has 0 aliphatic carbocycles. The monoisotopic (exact) mass is 316 g/mol. The van der Waals surface area contributed by atoms with Crippen molar-refractivity contribution >= 4 is 27.8 Å². The van der Waals surface area contributed by atoms with Gasteiger partial charge in [-0.05, 0) is 39.7 Å². The van der Waals surface area contributed by atoms with Crippen molar-refractivity contribution in [3.8, 4) is 5.75 Å². The maximum Gasteiger partial charge on any atom is 0.185 e.